The van der Waals surface area contributed by atoms with Crippen LogP contribution in [0.25, 0.3) is 0 Å². The van der Waals surface area contributed by atoms with E-state index in [1.807, 2.05) is 12.1 Å². The van der Waals surface area contributed by atoms with Gasteiger partial charge in [0.05, 0.1) is 18.1 Å². The Bertz CT molecular complexity index is 775. The maximum atomic E-state index is 12.1. The molecule has 5 heteroatoms. The SMILES string of the molecule is CCCCCOC(=O)c1ccc(C=NCCCCC(=O)C2C=CC=CC2=O)cc1. The number of aliphatic imine (C=N–C) groups is 1. The first-order valence-electron chi connectivity index (χ1n) is 10.3. The largest absolute Gasteiger partial charge is 0.462 e. The fourth-order valence-electron chi connectivity index (χ4n) is 2.92. The number of nitrogens with zero attached hydrogens (tertiary/aromatic N) is 1. The van der Waals surface area contributed by atoms with Crippen LogP contribution in [0.2, 0.25) is 0 Å². The van der Waals surface area contributed by atoms with Crippen LogP contribution in [0.3, 0.4) is 0 Å². The molecule has 0 saturated carbocycles. The van der Waals surface area contributed by atoms with Crippen molar-refractivity contribution >= 4 is 23.8 Å². The zero-order chi connectivity index (χ0) is 20.9. The summed E-state index contributed by atoms with van der Waals surface area (Å²) in [5, 5.41) is 0. The van der Waals surface area contributed by atoms with Gasteiger partial charge in [0.25, 0.3) is 0 Å². The maximum Gasteiger partial charge on any atom is 0.338 e. The third kappa shape index (κ3) is 7.98. The van der Waals surface area contributed by atoms with Gasteiger partial charge in [0, 0.05) is 19.2 Å². The van der Waals surface area contributed by atoms with E-state index in [2.05, 4.69) is 11.9 Å². The number of ether oxygens (including phenoxy) is 1. The minimum Gasteiger partial charge on any atom is -0.462 e. The molecule has 0 aliphatic heterocycles. The minimum absolute atomic E-state index is 0.0308. The second-order valence-corrected chi connectivity index (χ2v) is 7.05. The van der Waals surface area contributed by atoms with Gasteiger partial charge in [0.15, 0.2) is 5.78 Å². The van der Waals surface area contributed by atoms with Crippen LogP contribution in [0.15, 0.2) is 53.6 Å². The molecule has 1 atom stereocenters. The molecule has 0 radical (unpaired) electrons. The van der Waals surface area contributed by atoms with Crippen molar-refractivity contribution in [1.82, 2.24) is 0 Å². The number of carbonyl (C=O) groups is 3. The van der Waals surface area contributed by atoms with E-state index in [1.54, 1.807) is 36.6 Å². The summed E-state index contributed by atoms with van der Waals surface area (Å²) in [5.41, 5.74) is 1.45. The predicted molar refractivity (Wildman–Crippen MR) is 114 cm³/mol. The average molecular weight is 395 g/mol. The molecule has 2 rings (SSSR count). The van der Waals surface area contributed by atoms with Crippen LogP contribution in [0.5, 0.6) is 0 Å². The lowest BCUT2D eigenvalue weighted by molar-refractivity contribution is -0.128. The van der Waals surface area contributed by atoms with Gasteiger partial charge in [-0.2, -0.15) is 0 Å². The summed E-state index contributed by atoms with van der Waals surface area (Å²) >= 11 is 0. The van der Waals surface area contributed by atoms with Crippen LogP contribution in [0, 0.1) is 5.92 Å². The van der Waals surface area contributed by atoms with Gasteiger partial charge in [0.2, 0.25) is 0 Å². The van der Waals surface area contributed by atoms with E-state index in [9.17, 15) is 14.4 Å². The fourth-order valence-corrected chi connectivity index (χ4v) is 2.92. The molecule has 0 aromatic heterocycles. The fraction of sp³-hybridized carbons (Fsp3) is 0.417. The summed E-state index contributed by atoms with van der Waals surface area (Å²) in [5.74, 6) is -1.07. The van der Waals surface area contributed by atoms with Crippen molar-refractivity contribution in [3.63, 3.8) is 0 Å². The molecule has 1 aromatic rings. The van der Waals surface area contributed by atoms with Gasteiger partial charge >= 0.3 is 5.97 Å². The van der Waals surface area contributed by atoms with Crippen LogP contribution in [0.4, 0.5) is 0 Å². The van der Waals surface area contributed by atoms with Crippen LogP contribution < -0.4 is 0 Å². The molecule has 0 N–H and O–H groups in total. The van der Waals surface area contributed by atoms with E-state index in [0.29, 0.717) is 31.6 Å². The molecule has 154 valence electrons. The van der Waals surface area contributed by atoms with E-state index >= 15 is 0 Å². The van der Waals surface area contributed by atoms with Crippen molar-refractivity contribution in [2.45, 2.75) is 45.4 Å². The third-order valence-electron chi connectivity index (χ3n) is 4.66. The molecule has 1 unspecified atom stereocenters. The van der Waals surface area contributed by atoms with Gasteiger partial charge in [-0.1, -0.05) is 50.1 Å². The molecule has 0 heterocycles. The first-order valence-corrected chi connectivity index (χ1v) is 10.3. The highest BCUT2D eigenvalue weighted by molar-refractivity contribution is 6.09. The Morgan fingerprint density at radius 1 is 1.07 bits per heavy atom. The van der Waals surface area contributed by atoms with Crippen molar-refractivity contribution in [1.29, 1.82) is 0 Å². The summed E-state index contributed by atoms with van der Waals surface area (Å²) in [4.78, 5) is 40.0. The van der Waals surface area contributed by atoms with E-state index in [1.165, 1.54) is 6.08 Å². The lowest BCUT2D eigenvalue weighted by Crippen LogP contribution is -2.21. The zero-order valence-corrected chi connectivity index (χ0v) is 17.0. The van der Waals surface area contributed by atoms with Crippen molar-refractivity contribution < 1.29 is 19.1 Å². The summed E-state index contributed by atoms with van der Waals surface area (Å²) in [6, 6.07) is 7.16. The summed E-state index contributed by atoms with van der Waals surface area (Å²) in [6.45, 7) is 3.18. The van der Waals surface area contributed by atoms with E-state index < -0.39 is 5.92 Å². The molecule has 1 aromatic carbocycles. The Labute approximate surface area is 172 Å². The molecule has 0 bridgehead atoms. The van der Waals surface area contributed by atoms with E-state index in [-0.39, 0.29) is 17.5 Å². The summed E-state index contributed by atoms with van der Waals surface area (Å²) < 4.78 is 5.24. The average Bonchev–Trinajstić information content (AvgIpc) is 2.74. The standard InChI is InChI=1S/C24H29NO4/c1-2-3-8-17-29-24(28)20-14-12-19(13-15-20)18-25-16-7-6-11-23(27)21-9-4-5-10-22(21)26/h4-5,9-10,12-15,18,21H,2-3,6-8,11,16-17H2,1H3. The molecule has 29 heavy (non-hydrogen) atoms. The van der Waals surface area contributed by atoms with Gasteiger partial charge in [0.1, 0.15) is 5.78 Å². The van der Waals surface area contributed by atoms with Crippen molar-refractivity contribution in [3.05, 3.63) is 59.7 Å². The van der Waals surface area contributed by atoms with Gasteiger partial charge < -0.3 is 4.74 Å². The molecule has 0 saturated heterocycles. The second kappa shape index (κ2) is 12.6. The zero-order valence-electron chi connectivity index (χ0n) is 17.0. The first-order chi connectivity index (χ1) is 14.1. The molecule has 1 aliphatic carbocycles. The van der Waals surface area contributed by atoms with Crippen molar-refractivity contribution in [3.8, 4) is 0 Å². The smallest absolute Gasteiger partial charge is 0.338 e. The first kappa shape index (κ1) is 22.5. The van der Waals surface area contributed by atoms with Gasteiger partial charge in [-0.25, -0.2) is 4.79 Å². The molecular weight excluding hydrogens is 366 g/mol. The Morgan fingerprint density at radius 3 is 2.59 bits per heavy atom. The highest BCUT2D eigenvalue weighted by Crippen LogP contribution is 2.13. The number of allylic oxidation sites excluding steroid dienone is 4. The number of benzene rings is 1. The van der Waals surface area contributed by atoms with Gasteiger partial charge in [-0.15, -0.1) is 0 Å². The van der Waals surface area contributed by atoms with Gasteiger partial charge in [-0.05, 0) is 43.0 Å². The van der Waals surface area contributed by atoms with Crippen LogP contribution in [0.1, 0.15) is 61.4 Å². The monoisotopic (exact) mass is 395 g/mol. The Balaban J connectivity index is 1.65. The Hall–Kier alpha value is -2.82. The molecule has 0 amide bonds. The Morgan fingerprint density at radius 2 is 1.86 bits per heavy atom. The minimum atomic E-state index is -0.611. The number of esters is 1. The number of rotatable bonds is 12. The van der Waals surface area contributed by atoms with E-state index in [0.717, 1.165) is 31.2 Å². The van der Waals surface area contributed by atoms with Crippen LogP contribution >= 0.6 is 0 Å². The number of Topliss-reactive ketones (excluding diaryl/α,β-unsaturated/α-hetero) is 1. The Kier molecular flexibility index (Phi) is 9.76. The van der Waals surface area contributed by atoms with Crippen molar-refractivity contribution in [2.24, 2.45) is 10.9 Å². The normalized spacial score (nSPS) is 15.8. The lowest BCUT2D eigenvalue weighted by atomic mass is 9.92. The molecular formula is C24H29NO4. The number of unbranched alkanes of at least 4 members (excludes halogenated alkanes) is 3. The van der Waals surface area contributed by atoms with E-state index in [4.69, 9.17) is 4.74 Å². The molecule has 0 fully saturated rings. The predicted octanol–water partition coefficient (Wildman–Crippen LogP) is 4.50. The molecule has 5 nitrogen and oxygen atoms in total. The highest BCUT2D eigenvalue weighted by Gasteiger charge is 2.22. The van der Waals surface area contributed by atoms with Crippen LogP contribution in [-0.4, -0.2) is 36.9 Å². The van der Waals surface area contributed by atoms with Crippen LogP contribution in [-0.2, 0) is 14.3 Å². The summed E-state index contributed by atoms with van der Waals surface area (Å²) in [6.07, 6.45) is 13.2. The van der Waals surface area contributed by atoms with Crippen molar-refractivity contribution in [2.75, 3.05) is 13.2 Å². The topological polar surface area (TPSA) is 72.8 Å². The maximum absolute atomic E-state index is 12.1. The lowest BCUT2D eigenvalue weighted by Gasteiger charge is -2.10. The third-order valence-corrected chi connectivity index (χ3v) is 4.66. The number of ketones is 2. The quantitative estimate of drug-likeness (QED) is 0.226. The number of hydrogen-bond acceptors (Lipinski definition) is 5. The second-order valence-electron chi connectivity index (χ2n) is 7.05. The summed E-state index contributed by atoms with van der Waals surface area (Å²) in [7, 11) is 0. The number of hydrogen-bond donors (Lipinski definition) is 0. The molecule has 1 aliphatic rings. The highest BCUT2D eigenvalue weighted by atomic mass is 16.5. The molecule has 0 spiro atoms. The number of carbonyl (C=O) groups excluding carboxylic acids is 3. The van der Waals surface area contributed by atoms with Gasteiger partial charge in [-0.3, -0.25) is 14.6 Å².